The molecule has 2 N–H and O–H groups in total. The molecule has 0 aromatic rings. The van der Waals surface area contributed by atoms with E-state index in [0.29, 0.717) is 12.8 Å². The summed E-state index contributed by atoms with van der Waals surface area (Å²) in [6.45, 7) is 4.54. The Morgan fingerprint density at radius 1 is 0.341 bits per heavy atom. The molecule has 0 heterocycles. The molecule has 0 bridgehead atoms. The van der Waals surface area contributed by atoms with E-state index < -0.39 is 11.9 Å². The van der Waals surface area contributed by atoms with Gasteiger partial charge >= 0.3 is 49.7 Å². The zero-order chi connectivity index (χ0) is 29.8. The molecule has 0 aliphatic carbocycles. The predicted octanol–water partition coefficient (Wildman–Crippen LogP) is 12.5. The van der Waals surface area contributed by atoms with Crippen molar-refractivity contribution in [2.45, 2.75) is 219 Å². The summed E-state index contributed by atoms with van der Waals surface area (Å²) in [4.78, 5) is 20.7. The van der Waals surface area contributed by atoms with Gasteiger partial charge < -0.3 is 13.1 Å². The van der Waals surface area contributed by atoms with Crippen LogP contribution in [0.15, 0.2) is 0 Å². The smallest absolute Gasteiger partial charge is 1.00 e. The van der Waals surface area contributed by atoms with E-state index in [1.54, 1.807) is 0 Å². The van der Waals surface area contributed by atoms with Gasteiger partial charge in [0.1, 0.15) is 0 Å². The van der Waals surface area contributed by atoms with Gasteiger partial charge in [0, 0.05) is 12.8 Å². The fraction of sp³-hybridized carbons (Fsp3) is 0.944. The number of unbranched alkanes of at least 4 members (excludes halogenated alkanes) is 28. The normalized spacial score (nSPS) is 10.6. The van der Waals surface area contributed by atoms with Crippen LogP contribution in [-0.4, -0.2) is 59.9 Å². The monoisotopic (exact) mass is 611 g/mol. The third-order valence-corrected chi connectivity index (χ3v) is 7.99. The molecular weight excluding hydrogens is 536 g/mol. The van der Waals surface area contributed by atoms with Crippen LogP contribution in [0.25, 0.3) is 0 Å². The zero-order valence-corrected chi connectivity index (χ0v) is 30.3. The molecule has 0 radical (unpaired) electrons. The van der Waals surface area contributed by atoms with Crippen LogP contribution < -0.4 is 0 Å². The molecule has 0 fully saturated rings. The molecule has 0 atom stereocenters. The van der Waals surface area contributed by atoms with Crippen LogP contribution in [0.2, 0.25) is 0 Å². The van der Waals surface area contributed by atoms with Crippen molar-refractivity contribution in [3.8, 4) is 0 Å². The second-order valence-corrected chi connectivity index (χ2v) is 12.2. The average Bonchev–Trinajstić information content (AvgIpc) is 2.93. The number of hydrogen-bond acceptors (Lipinski definition) is 2. The Bertz CT molecular complexity index is 466. The predicted molar refractivity (Wildman–Crippen MR) is 182 cm³/mol. The SMILES string of the molecule is CCCCCCCCCCCCCCCCCC(=O)O.CCCCCCCCCCCCCCCCCC(=O)O.[Ca+2].[H-].[H-]. The summed E-state index contributed by atoms with van der Waals surface area (Å²) in [5.41, 5.74) is 0. The summed E-state index contributed by atoms with van der Waals surface area (Å²) in [6.07, 6.45) is 40.4. The standard InChI is InChI=1S/2C18H36O2.Ca.2H/c2*1-2-3-4-5-6-7-8-9-10-11-12-13-14-15-16-17-18(19)20;;;/h2*2-17H2,1H3,(H,19,20);;;/q;;+2;2*-1. The third kappa shape index (κ3) is 50.2. The van der Waals surface area contributed by atoms with E-state index in [4.69, 9.17) is 10.2 Å². The van der Waals surface area contributed by atoms with Gasteiger partial charge in [-0.2, -0.15) is 0 Å². The number of hydrogen-bond donors (Lipinski definition) is 2. The van der Waals surface area contributed by atoms with Crippen LogP contribution in [0.5, 0.6) is 0 Å². The zero-order valence-electron chi connectivity index (χ0n) is 30.0. The van der Waals surface area contributed by atoms with Crippen molar-refractivity contribution in [2.24, 2.45) is 0 Å². The molecule has 0 aromatic heterocycles. The molecule has 0 aliphatic heterocycles. The van der Waals surface area contributed by atoms with E-state index >= 15 is 0 Å². The minimum Gasteiger partial charge on any atom is -1.00 e. The fourth-order valence-corrected chi connectivity index (χ4v) is 5.30. The van der Waals surface area contributed by atoms with Crippen molar-refractivity contribution in [1.29, 1.82) is 0 Å². The first kappa shape index (κ1) is 45.6. The minimum atomic E-state index is -0.653. The molecule has 0 spiro atoms. The van der Waals surface area contributed by atoms with Gasteiger partial charge in [-0.15, -0.1) is 0 Å². The molecule has 0 aromatic carbocycles. The Balaban J connectivity index is -0.000000209. The average molecular weight is 611 g/mol. The molecule has 0 saturated carbocycles. The third-order valence-electron chi connectivity index (χ3n) is 7.99. The molecule has 4 nitrogen and oxygen atoms in total. The van der Waals surface area contributed by atoms with Crippen LogP contribution in [0.3, 0.4) is 0 Å². The van der Waals surface area contributed by atoms with Gasteiger partial charge in [0.05, 0.1) is 0 Å². The molecule has 0 saturated heterocycles. The van der Waals surface area contributed by atoms with E-state index in [0.717, 1.165) is 25.7 Å². The summed E-state index contributed by atoms with van der Waals surface area (Å²) >= 11 is 0. The van der Waals surface area contributed by atoms with Gasteiger partial charge in [-0.3, -0.25) is 9.59 Å². The number of rotatable bonds is 32. The second-order valence-electron chi connectivity index (χ2n) is 12.2. The van der Waals surface area contributed by atoms with Gasteiger partial charge in [0.25, 0.3) is 0 Å². The summed E-state index contributed by atoms with van der Waals surface area (Å²) in [7, 11) is 0. The van der Waals surface area contributed by atoms with E-state index in [1.807, 2.05) is 0 Å². The van der Waals surface area contributed by atoms with E-state index in [-0.39, 0.29) is 40.6 Å². The van der Waals surface area contributed by atoms with Crippen molar-refractivity contribution in [1.82, 2.24) is 0 Å². The van der Waals surface area contributed by atoms with E-state index in [9.17, 15) is 9.59 Å². The summed E-state index contributed by atoms with van der Waals surface area (Å²) < 4.78 is 0. The van der Waals surface area contributed by atoms with E-state index in [2.05, 4.69) is 13.8 Å². The van der Waals surface area contributed by atoms with Gasteiger partial charge in [0.2, 0.25) is 0 Å². The number of carboxylic acid groups (broad SMARTS) is 2. The molecular formula is C36H74CaO4. The fourth-order valence-electron chi connectivity index (χ4n) is 5.30. The molecule has 0 unspecified atom stereocenters. The second kappa shape index (κ2) is 42.3. The first-order chi connectivity index (χ1) is 19.5. The Morgan fingerprint density at radius 2 is 0.488 bits per heavy atom. The van der Waals surface area contributed by atoms with Crippen molar-refractivity contribution in [3.63, 3.8) is 0 Å². The first-order valence-electron chi connectivity index (χ1n) is 18.0. The Kier molecular flexibility index (Phi) is 47.1. The van der Waals surface area contributed by atoms with Crippen LogP contribution >= 0.6 is 0 Å². The number of carbonyl (C=O) groups is 2. The maximum atomic E-state index is 10.3. The Morgan fingerprint density at radius 3 is 0.634 bits per heavy atom. The van der Waals surface area contributed by atoms with Crippen LogP contribution in [0.1, 0.15) is 222 Å². The summed E-state index contributed by atoms with van der Waals surface area (Å²) in [5.74, 6) is -1.31. The maximum Gasteiger partial charge on any atom is 2.00 e. The first-order valence-corrected chi connectivity index (χ1v) is 18.0. The summed E-state index contributed by atoms with van der Waals surface area (Å²) in [5, 5.41) is 17.0. The van der Waals surface area contributed by atoms with Crippen LogP contribution in [0, 0.1) is 0 Å². The molecule has 41 heavy (non-hydrogen) atoms. The van der Waals surface area contributed by atoms with Crippen molar-refractivity contribution < 1.29 is 22.7 Å². The number of aliphatic carboxylic acids is 2. The Labute approximate surface area is 290 Å². The van der Waals surface area contributed by atoms with Crippen molar-refractivity contribution in [3.05, 3.63) is 0 Å². The van der Waals surface area contributed by atoms with Crippen LogP contribution in [-0.2, 0) is 9.59 Å². The molecule has 0 aliphatic rings. The summed E-state index contributed by atoms with van der Waals surface area (Å²) in [6, 6.07) is 0. The maximum absolute atomic E-state index is 10.3. The molecule has 0 rings (SSSR count). The van der Waals surface area contributed by atoms with Gasteiger partial charge in [0.15, 0.2) is 0 Å². The van der Waals surface area contributed by atoms with Gasteiger partial charge in [-0.25, -0.2) is 0 Å². The van der Waals surface area contributed by atoms with Gasteiger partial charge in [-0.05, 0) is 12.8 Å². The molecule has 0 amide bonds. The number of carboxylic acids is 2. The largest absolute Gasteiger partial charge is 2.00 e. The molecule has 5 heteroatoms. The molecule has 244 valence electrons. The van der Waals surface area contributed by atoms with Crippen molar-refractivity contribution >= 4 is 49.7 Å². The van der Waals surface area contributed by atoms with E-state index in [1.165, 1.54) is 167 Å². The minimum absolute atomic E-state index is 0. The van der Waals surface area contributed by atoms with Crippen molar-refractivity contribution in [2.75, 3.05) is 0 Å². The topological polar surface area (TPSA) is 74.6 Å². The van der Waals surface area contributed by atoms with Crippen LogP contribution in [0.4, 0.5) is 0 Å². The Hall–Kier alpha value is 0.200. The van der Waals surface area contributed by atoms with Gasteiger partial charge in [-0.1, -0.05) is 194 Å². The quantitative estimate of drug-likeness (QED) is 0.0587.